The molecule has 1 saturated carbocycles. The van der Waals surface area contributed by atoms with Crippen LogP contribution in [-0.2, 0) is 16.5 Å². The molecule has 210 valence electrons. The molecule has 1 amide bonds. The predicted octanol–water partition coefficient (Wildman–Crippen LogP) is 6.77. The van der Waals surface area contributed by atoms with E-state index in [1.807, 2.05) is 13.8 Å². The topological polar surface area (TPSA) is 67.3 Å². The van der Waals surface area contributed by atoms with Gasteiger partial charge in [-0.1, -0.05) is 12.1 Å². The fraction of sp³-hybridized carbons (Fsp3) is 0.321. The van der Waals surface area contributed by atoms with Crippen LogP contribution < -0.4 is 15.0 Å². The number of nitrogens with one attached hydrogen (secondary N) is 1. The number of ether oxygens (including phenoxy) is 1. The van der Waals surface area contributed by atoms with Crippen LogP contribution in [0.4, 0.5) is 32.0 Å². The van der Waals surface area contributed by atoms with E-state index in [4.69, 9.17) is 0 Å². The summed E-state index contributed by atoms with van der Waals surface area (Å²) in [4.78, 5) is 23.9. The van der Waals surface area contributed by atoms with E-state index in [9.17, 15) is 31.1 Å². The predicted molar refractivity (Wildman–Crippen MR) is 133 cm³/mol. The largest absolute Gasteiger partial charge is 0.573 e. The van der Waals surface area contributed by atoms with E-state index in [1.54, 1.807) is 12.3 Å². The van der Waals surface area contributed by atoms with Gasteiger partial charge in [-0.25, -0.2) is 9.97 Å². The summed E-state index contributed by atoms with van der Waals surface area (Å²) in [6.07, 6.45) is -4.34. The van der Waals surface area contributed by atoms with Crippen molar-refractivity contribution in [3.05, 3.63) is 95.2 Å². The van der Waals surface area contributed by atoms with Gasteiger partial charge in [0.25, 0.3) is 5.91 Å². The van der Waals surface area contributed by atoms with Crippen LogP contribution in [0.5, 0.6) is 5.75 Å². The quantitative estimate of drug-likeness (QED) is 0.322. The minimum Gasteiger partial charge on any atom is -0.406 e. The van der Waals surface area contributed by atoms with E-state index in [0.717, 1.165) is 49.2 Å². The van der Waals surface area contributed by atoms with Gasteiger partial charge in [-0.2, -0.15) is 13.2 Å². The molecule has 6 nitrogen and oxygen atoms in total. The highest BCUT2D eigenvalue weighted by atomic mass is 19.4. The molecule has 0 unspecified atom stereocenters. The van der Waals surface area contributed by atoms with E-state index >= 15 is 0 Å². The van der Waals surface area contributed by atoms with Gasteiger partial charge >= 0.3 is 12.5 Å². The number of rotatable bonds is 7. The lowest BCUT2D eigenvalue weighted by Gasteiger charge is -2.29. The van der Waals surface area contributed by atoms with Crippen molar-refractivity contribution in [1.29, 1.82) is 0 Å². The first-order valence-corrected chi connectivity index (χ1v) is 12.4. The second kappa shape index (κ2) is 9.83. The van der Waals surface area contributed by atoms with E-state index in [-0.39, 0.29) is 16.9 Å². The molecule has 40 heavy (non-hydrogen) atoms. The third-order valence-electron chi connectivity index (χ3n) is 6.66. The molecule has 2 aliphatic rings. The monoisotopic (exact) mass is 562 g/mol. The van der Waals surface area contributed by atoms with Crippen LogP contribution in [0, 0.1) is 0 Å². The van der Waals surface area contributed by atoms with Crippen LogP contribution in [0.15, 0.2) is 72.6 Å². The maximum Gasteiger partial charge on any atom is 0.573 e. The number of hydrogen-bond acceptors (Lipinski definition) is 5. The van der Waals surface area contributed by atoms with E-state index in [0.29, 0.717) is 17.4 Å². The second-order valence-corrected chi connectivity index (χ2v) is 10.2. The number of nitrogens with zero attached hydrogens (tertiary/aromatic N) is 3. The number of anilines is 1. The molecule has 1 aliphatic carbocycles. The number of hydrogen-bond donors (Lipinski definition) is 1. The Kier molecular flexibility index (Phi) is 6.75. The summed E-state index contributed by atoms with van der Waals surface area (Å²) in [7, 11) is 0. The zero-order chi connectivity index (χ0) is 28.9. The average Bonchev–Trinajstić information content (AvgIpc) is 3.68. The first kappa shape index (κ1) is 27.5. The first-order chi connectivity index (χ1) is 18.7. The number of alkyl halides is 6. The third-order valence-corrected chi connectivity index (χ3v) is 6.66. The normalized spacial score (nSPS) is 18.1. The van der Waals surface area contributed by atoms with Crippen molar-refractivity contribution >= 4 is 11.6 Å². The fourth-order valence-corrected chi connectivity index (χ4v) is 4.55. The van der Waals surface area contributed by atoms with Gasteiger partial charge < -0.3 is 10.1 Å². The highest BCUT2D eigenvalue weighted by Crippen LogP contribution is 2.40. The number of halogens is 6. The van der Waals surface area contributed by atoms with Crippen molar-refractivity contribution in [2.24, 2.45) is 0 Å². The van der Waals surface area contributed by atoms with Crippen LogP contribution >= 0.6 is 0 Å². The molecule has 3 aromatic rings. The zero-order valence-electron chi connectivity index (χ0n) is 21.3. The molecule has 12 heteroatoms. The maximum absolute atomic E-state index is 13.7. The van der Waals surface area contributed by atoms with Gasteiger partial charge in [0, 0.05) is 17.8 Å². The number of benzene rings is 2. The summed E-state index contributed by atoms with van der Waals surface area (Å²) in [5.41, 5.74) is -0.623. The second-order valence-electron chi connectivity index (χ2n) is 10.2. The summed E-state index contributed by atoms with van der Waals surface area (Å²) < 4.78 is 82.2. The number of carbonyl (C=O) groups excluding carboxylic acids is 1. The molecule has 1 fully saturated rings. The fourth-order valence-electron chi connectivity index (χ4n) is 4.55. The Balaban J connectivity index is 1.51. The first-order valence-electron chi connectivity index (χ1n) is 12.4. The Hall–Kier alpha value is -4.09. The van der Waals surface area contributed by atoms with Crippen molar-refractivity contribution in [2.75, 3.05) is 4.90 Å². The van der Waals surface area contributed by atoms with Crippen LogP contribution in [0.25, 0.3) is 0 Å². The Labute approximate surface area is 225 Å². The van der Waals surface area contributed by atoms with Gasteiger partial charge in [-0.15, -0.1) is 13.2 Å². The summed E-state index contributed by atoms with van der Waals surface area (Å²) in [5.74, 6) is -0.0522. The molecule has 5 rings (SSSR count). The summed E-state index contributed by atoms with van der Waals surface area (Å²) in [6, 6.07) is 9.89. The van der Waals surface area contributed by atoms with Gasteiger partial charge in [-0.3, -0.25) is 9.69 Å². The lowest BCUT2D eigenvalue weighted by atomic mass is 9.99. The van der Waals surface area contributed by atoms with Gasteiger partial charge in [0.2, 0.25) is 0 Å². The van der Waals surface area contributed by atoms with E-state index < -0.39 is 41.3 Å². The minimum atomic E-state index is -4.93. The van der Waals surface area contributed by atoms with Crippen LogP contribution in [0.2, 0.25) is 0 Å². The minimum absolute atomic E-state index is 0.114. The van der Waals surface area contributed by atoms with E-state index in [1.165, 1.54) is 23.1 Å². The number of carbonyl (C=O) groups is 1. The smallest absolute Gasteiger partial charge is 0.406 e. The van der Waals surface area contributed by atoms with E-state index in [2.05, 4.69) is 20.0 Å². The molecule has 0 saturated heterocycles. The maximum atomic E-state index is 13.7. The molecular formula is C28H24F6N4O2. The molecule has 1 aromatic heterocycles. The van der Waals surface area contributed by atoms with Crippen molar-refractivity contribution in [1.82, 2.24) is 15.3 Å². The molecule has 2 heterocycles. The zero-order valence-corrected chi connectivity index (χ0v) is 21.3. The van der Waals surface area contributed by atoms with Gasteiger partial charge in [0.15, 0.2) is 0 Å². The Morgan fingerprint density at radius 3 is 2.30 bits per heavy atom. The van der Waals surface area contributed by atoms with Crippen LogP contribution in [0.1, 0.15) is 61.3 Å². The molecule has 1 aliphatic heterocycles. The van der Waals surface area contributed by atoms with Crippen LogP contribution in [-0.4, -0.2) is 22.2 Å². The van der Waals surface area contributed by atoms with Crippen molar-refractivity contribution in [3.63, 3.8) is 0 Å². The van der Waals surface area contributed by atoms with Crippen molar-refractivity contribution in [3.8, 4) is 5.75 Å². The number of aromatic nitrogens is 2. The molecule has 2 aromatic carbocycles. The third kappa shape index (κ3) is 5.90. The Morgan fingerprint density at radius 1 is 0.975 bits per heavy atom. The molecule has 0 radical (unpaired) electrons. The average molecular weight is 563 g/mol. The van der Waals surface area contributed by atoms with Crippen molar-refractivity contribution < 1.29 is 35.9 Å². The Morgan fingerprint density at radius 2 is 1.68 bits per heavy atom. The summed E-state index contributed by atoms with van der Waals surface area (Å²) in [5, 5.41) is 3.18. The number of amides is 1. The lowest BCUT2D eigenvalue weighted by molar-refractivity contribution is -0.274. The van der Waals surface area contributed by atoms with Gasteiger partial charge in [0.1, 0.15) is 11.6 Å². The van der Waals surface area contributed by atoms with Crippen LogP contribution in [0.3, 0.4) is 0 Å². The summed E-state index contributed by atoms with van der Waals surface area (Å²) in [6.45, 7) is 3.63. The Bertz CT molecular complexity index is 1450. The van der Waals surface area contributed by atoms with Gasteiger partial charge in [-0.05, 0) is 80.8 Å². The SMILES string of the molecule is CC(C)(NC1=C[C@H](c2cccc(OC(F)(F)F)c2)N(c2ccc(C(F)(F)F)cc2)C1=O)c1ccnc(C2CC2)n1. The lowest BCUT2D eigenvalue weighted by Crippen LogP contribution is -2.41. The van der Waals surface area contributed by atoms with Gasteiger partial charge in [0.05, 0.1) is 28.5 Å². The molecule has 1 N–H and O–H groups in total. The molecular weight excluding hydrogens is 538 g/mol. The molecule has 1 atom stereocenters. The standard InChI is InChI=1S/C28H24F6N4O2/c1-26(2,23-12-13-35-24(36-23)16-6-7-16)37-21-15-22(17-4-3-5-20(14-17)40-28(32,33)34)38(25(21)39)19-10-8-18(9-11-19)27(29,30)31/h3-5,8-16,22,37H,6-7H2,1-2H3/t22-/m1/s1. The summed E-state index contributed by atoms with van der Waals surface area (Å²) >= 11 is 0. The molecule has 0 bridgehead atoms. The highest BCUT2D eigenvalue weighted by Gasteiger charge is 2.39. The molecule has 0 spiro atoms. The van der Waals surface area contributed by atoms with Crippen molar-refractivity contribution in [2.45, 2.75) is 56.7 Å². The highest BCUT2D eigenvalue weighted by molar-refractivity contribution is 6.09.